The first-order chi connectivity index (χ1) is 19.9. The molecule has 0 saturated carbocycles. The minimum absolute atomic E-state index is 0.0662. The average Bonchev–Trinajstić information content (AvgIpc) is 3.44. The first-order valence-electron chi connectivity index (χ1n) is 15.3. The Morgan fingerprint density at radius 3 is 1.83 bits per heavy atom. The van der Waals surface area contributed by atoms with Crippen molar-refractivity contribution in [2.75, 3.05) is 0 Å². The Kier molecular flexibility index (Phi) is 6.93. The number of rotatable bonds is 7. The lowest BCUT2D eigenvalue weighted by molar-refractivity contribution is -0.574. The standard InChI is InChI=1S/C38H42N3/c1-7-27-21-18-22-28(8-2)34(27)40-35(31-24-15-14-23-30(31)29-19-12-11-13-20-29)39-41-36(40)32-25-16-17-26-33(32)37(5,9-3)38(41,6)10-4/h11-26H,7-10H2,1-6H3/q+1. The van der Waals surface area contributed by atoms with E-state index in [0.29, 0.717) is 0 Å². The van der Waals surface area contributed by atoms with Gasteiger partial charge in [0.05, 0.1) is 11.1 Å². The monoisotopic (exact) mass is 540 g/mol. The zero-order chi connectivity index (χ0) is 28.8. The molecule has 2 unspecified atom stereocenters. The third-order valence-electron chi connectivity index (χ3n) is 10.1. The second-order valence-corrected chi connectivity index (χ2v) is 11.8. The van der Waals surface area contributed by atoms with Crippen LogP contribution in [0, 0.1) is 0 Å². The Hall–Kier alpha value is -3.98. The molecule has 4 aromatic carbocycles. The summed E-state index contributed by atoms with van der Waals surface area (Å²) in [5, 5.41) is 5.68. The van der Waals surface area contributed by atoms with E-state index in [1.165, 1.54) is 44.9 Å². The largest absolute Gasteiger partial charge is 0.314 e. The van der Waals surface area contributed by atoms with Crippen LogP contribution in [0.3, 0.4) is 0 Å². The summed E-state index contributed by atoms with van der Waals surface area (Å²) in [7, 11) is 0. The van der Waals surface area contributed by atoms with Crippen LogP contribution in [0.5, 0.6) is 0 Å². The fourth-order valence-corrected chi connectivity index (χ4v) is 7.19. The van der Waals surface area contributed by atoms with Crippen molar-refractivity contribution in [2.24, 2.45) is 0 Å². The van der Waals surface area contributed by atoms with Gasteiger partial charge in [-0.15, -0.1) is 0 Å². The van der Waals surface area contributed by atoms with Crippen molar-refractivity contribution in [2.45, 2.75) is 78.2 Å². The molecule has 5 aromatic rings. The molecule has 0 amide bonds. The summed E-state index contributed by atoms with van der Waals surface area (Å²) in [6.45, 7) is 14.1. The highest BCUT2D eigenvalue weighted by atomic mass is 15.4. The van der Waals surface area contributed by atoms with Gasteiger partial charge in [-0.3, -0.25) is 0 Å². The number of aromatic nitrogens is 3. The van der Waals surface area contributed by atoms with Gasteiger partial charge in [-0.05, 0) is 72.6 Å². The van der Waals surface area contributed by atoms with Crippen molar-refractivity contribution in [1.29, 1.82) is 0 Å². The molecule has 0 N–H and O–H groups in total. The number of aryl methyl sites for hydroxylation is 2. The Morgan fingerprint density at radius 2 is 1.22 bits per heavy atom. The molecule has 0 spiro atoms. The minimum atomic E-state index is -0.208. The van der Waals surface area contributed by atoms with E-state index in [1.54, 1.807) is 0 Å². The summed E-state index contributed by atoms with van der Waals surface area (Å²) in [6, 6.07) is 35.4. The zero-order valence-corrected chi connectivity index (χ0v) is 25.4. The highest BCUT2D eigenvalue weighted by Gasteiger charge is 2.57. The van der Waals surface area contributed by atoms with Gasteiger partial charge in [0.1, 0.15) is 11.2 Å². The Labute approximate surface area is 245 Å². The lowest BCUT2D eigenvalue weighted by atomic mass is 9.61. The fraction of sp³-hybridized carbons (Fsp3) is 0.316. The molecule has 41 heavy (non-hydrogen) atoms. The molecular formula is C38H42N3+. The molecule has 1 aliphatic rings. The number of fused-ring (bicyclic) bond motifs is 3. The predicted molar refractivity (Wildman–Crippen MR) is 170 cm³/mol. The number of hydrogen-bond donors (Lipinski definition) is 0. The van der Waals surface area contributed by atoms with E-state index in [1.807, 2.05) is 0 Å². The van der Waals surface area contributed by atoms with Gasteiger partial charge in [0.25, 0.3) is 5.82 Å². The van der Waals surface area contributed by atoms with Gasteiger partial charge in [0, 0.05) is 10.5 Å². The third-order valence-corrected chi connectivity index (χ3v) is 10.1. The quantitative estimate of drug-likeness (QED) is 0.189. The van der Waals surface area contributed by atoms with Crippen molar-refractivity contribution < 1.29 is 4.57 Å². The number of benzene rings is 4. The number of nitrogens with zero attached hydrogens (tertiary/aromatic N) is 3. The number of para-hydroxylation sites is 1. The van der Waals surface area contributed by atoms with Crippen molar-refractivity contribution in [1.82, 2.24) is 9.78 Å². The number of hydrogen-bond acceptors (Lipinski definition) is 1. The summed E-state index contributed by atoms with van der Waals surface area (Å²) in [5.74, 6) is 2.19. The van der Waals surface area contributed by atoms with E-state index in [4.69, 9.17) is 5.10 Å². The molecule has 0 fully saturated rings. The summed E-state index contributed by atoms with van der Waals surface area (Å²) in [5.41, 5.74) is 9.98. The minimum Gasteiger partial charge on any atom is -0.189 e. The highest BCUT2D eigenvalue weighted by molar-refractivity contribution is 5.80. The molecule has 2 heterocycles. The molecule has 0 bridgehead atoms. The SMILES string of the molecule is CCc1cccc(CC)c1-[n+]1c(-c2ccccc2-c2ccccc2)nn2c1-c1ccccc1C(C)(CC)C2(C)CC. The topological polar surface area (TPSA) is 21.7 Å². The highest BCUT2D eigenvalue weighted by Crippen LogP contribution is 2.53. The Bertz CT molecular complexity index is 1690. The summed E-state index contributed by atoms with van der Waals surface area (Å²) < 4.78 is 4.92. The van der Waals surface area contributed by atoms with Crippen LogP contribution in [-0.2, 0) is 23.8 Å². The summed E-state index contributed by atoms with van der Waals surface area (Å²) in [6.07, 6.45) is 3.94. The molecule has 6 rings (SSSR count). The first kappa shape index (κ1) is 27.2. The maximum atomic E-state index is 5.68. The third kappa shape index (κ3) is 3.93. The summed E-state index contributed by atoms with van der Waals surface area (Å²) in [4.78, 5) is 0. The van der Waals surface area contributed by atoms with Gasteiger partial charge in [-0.1, -0.05) is 124 Å². The van der Waals surface area contributed by atoms with Crippen LogP contribution >= 0.6 is 0 Å². The predicted octanol–water partition coefficient (Wildman–Crippen LogP) is 9.09. The van der Waals surface area contributed by atoms with E-state index in [2.05, 4.69) is 148 Å². The molecule has 1 aliphatic heterocycles. The van der Waals surface area contributed by atoms with E-state index in [9.17, 15) is 0 Å². The van der Waals surface area contributed by atoms with Crippen molar-refractivity contribution in [3.63, 3.8) is 0 Å². The van der Waals surface area contributed by atoms with Gasteiger partial charge in [-0.25, -0.2) is 0 Å². The van der Waals surface area contributed by atoms with Crippen LogP contribution < -0.4 is 4.57 Å². The Morgan fingerprint density at radius 1 is 0.634 bits per heavy atom. The molecule has 2 atom stereocenters. The van der Waals surface area contributed by atoms with Crippen LogP contribution in [0.15, 0.2) is 97.1 Å². The molecule has 0 aliphatic carbocycles. The lowest BCUT2D eigenvalue weighted by Crippen LogP contribution is -2.54. The average molecular weight is 541 g/mol. The van der Waals surface area contributed by atoms with Crippen LogP contribution in [0.1, 0.15) is 71.1 Å². The van der Waals surface area contributed by atoms with Crippen LogP contribution in [0.2, 0.25) is 0 Å². The lowest BCUT2D eigenvalue weighted by Gasteiger charge is -2.46. The normalized spacial score (nSPS) is 19.6. The van der Waals surface area contributed by atoms with E-state index in [0.717, 1.165) is 37.1 Å². The molecule has 0 radical (unpaired) electrons. The summed E-state index contributed by atoms with van der Waals surface area (Å²) >= 11 is 0. The molecule has 208 valence electrons. The molecule has 0 saturated heterocycles. The van der Waals surface area contributed by atoms with Gasteiger partial charge < -0.3 is 0 Å². The van der Waals surface area contributed by atoms with Crippen molar-refractivity contribution in [3.05, 3.63) is 114 Å². The smallest absolute Gasteiger partial charge is 0.189 e. The fourth-order valence-electron chi connectivity index (χ4n) is 7.19. The molecule has 3 nitrogen and oxygen atoms in total. The molecule has 3 heteroatoms. The van der Waals surface area contributed by atoms with Crippen molar-refractivity contribution >= 4 is 0 Å². The maximum Gasteiger partial charge on any atom is 0.314 e. The van der Waals surface area contributed by atoms with Crippen LogP contribution in [-0.4, -0.2) is 9.78 Å². The van der Waals surface area contributed by atoms with Crippen molar-refractivity contribution in [3.8, 4) is 39.6 Å². The van der Waals surface area contributed by atoms with Crippen LogP contribution in [0.4, 0.5) is 0 Å². The van der Waals surface area contributed by atoms with Gasteiger partial charge in [-0.2, -0.15) is 4.57 Å². The van der Waals surface area contributed by atoms with Gasteiger partial charge in [0.15, 0.2) is 0 Å². The maximum absolute atomic E-state index is 5.68. The second kappa shape index (κ2) is 10.4. The van der Waals surface area contributed by atoms with Crippen LogP contribution in [0.25, 0.3) is 39.6 Å². The first-order valence-corrected chi connectivity index (χ1v) is 15.3. The second-order valence-electron chi connectivity index (χ2n) is 11.8. The molecule has 1 aromatic heterocycles. The zero-order valence-electron chi connectivity index (χ0n) is 25.4. The Balaban J connectivity index is 1.82. The van der Waals surface area contributed by atoms with E-state index in [-0.39, 0.29) is 11.0 Å². The van der Waals surface area contributed by atoms with Gasteiger partial charge >= 0.3 is 5.82 Å². The van der Waals surface area contributed by atoms with Gasteiger partial charge in [0.2, 0.25) is 0 Å². The van der Waals surface area contributed by atoms with E-state index < -0.39 is 0 Å². The van der Waals surface area contributed by atoms with E-state index >= 15 is 0 Å². The molecular weight excluding hydrogens is 498 g/mol.